The van der Waals surface area contributed by atoms with Crippen LogP contribution in [0.25, 0.3) is 22.5 Å². The number of H-pyrrole nitrogens is 1. The number of nitrogens with zero attached hydrogens (tertiary/aromatic N) is 6. The fraction of sp³-hybridized carbons (Fsp3) is 0.450. The van der Waals surface area contributed by atoms with E-state index >= 15 is 4.39 Å². The van der Waals surface area contributed by atoms with Gasteiger partial charge in [0.05, 0.1) is 5.56 Å². The highest BCUT2D eigenvalue weighted by Gasteiger charge is 2.31. The van der Waals surface area contributed by atoms with Gasteiger partial charge in [-0.15, -0.1) is 10.2 Å². The number of benzene rings is 2. The monoisotopic (exact) mass is 784 g/mol. The van der Waals surface area contributed by atoms with E-state index in [1.807, 2.05) is 43.5 Å². The average Bonchev–Trinajstić information content (AvgIpc) is 3.72. The maximum absolute atomic E-state index is 15.0. The van der Waals surface area contributed by atoms with E-state index in [0.29, 0.717) is 45.6 Å². The Bertz CT molecular complexity index is 2040. The third-order valence-electron chi connectivity index (χ3n) is 10.3. The van der Waals surface area contributed by atoms with Gasteiger partial charge < -0.3 is 35.6 Å². The number of amides is 4. The van der Waals surface area contributed by atoms with Crippen LogP contribution < -0.4 is 20.9 Å². The number of piperazine rings is 1. The topological polar surface area (TPSA) is 208 Å². The van der Waals surface area contributed by atoms with Gasteiger partial charge in [-0.1, -0.05) is 24.3 Å². The van der Waals surface area contributed by atoms with Crippen LogP contribution in [0.3, 0.4) is 0 Å². The maximum Gasteiger partial charge on any atom is 0.407 e. The van der Waals surface area contributed by atoms with Crippen molar-refractivity contribution in [3.05, 3.63) is 71.7 Å². The molecule has 3 heterocycles. The molecule has 0 radical (unpaired) electrons. The summed E-state index contributed by atoms with van der Waals surface area (Å²) in [6.45, 7) is 9.84. The number of aryl methyl sites for hydroxylation is 1. The lowest BCUT2D eigenvalue weighted by Gasteiger charge is -2.34. The van der Waals surface area contributed by atoms with Crippen LogP contribution in [0.15, 0.2) is 54.7 Å². The number of rotatable bonds is 11. The molecule has 0 unspecified atom stereocenters. The Balaban J connectivity index is 1.12. The number of pyridine rings is 1. The number of tetrazole rings is 1. The third kappa shape index (κ3) is 10.8. The van der Waals surface area contributed by atoms with Gasteiger partial charge >= 0.3 is 12.2 Å². The number of carbonyl (C=O) groups is 4. The largest absolute Gasteiger partial charge is 0.465 e. The molecule has 302 valence electrons. The fourth-order valence-electron chi connectivity index (χ4n) is 7.15. The third-order valence-corrected chi connectivity index (χ3v) is 10.3. The quantitative estimate of drug-likeness (QED) is 0.134. The van der Waals surface area contributed by atoms with Crippen LogP contribution in [0.5, 0.6) is 0 Å². The Labute approximate surface area is 330 Å². The lowest BCUT2D eigenvalue weighted by atomic mass is 9.81. The highest BCUT2D eigenvalue weighted by atomic mass is 19.1. The number of hydrogen-bond acceptors (Lipinski definition) is 10. The van der Waals surface area contributed by atoms with Crippen LogP contribution >= 0.6 is 0 Å². The first kappa shape index (κ1) is 40.5. The first-order chi connectivity index (χ1) is 27.2. The molecule has 2 fully saturated rings. The molecule has 1 saturated carbocycles. The van der Waals surface area contributed by atoms with Gasteiger partial charge in [-0.3, -0.25) is 9.59 Å². The summed E-state index contributed by atoms with van der Waals surface area (Å²) < 4.78 is 20.4. The molecule has 2 aromatic carbocycles. The van der Waals surface area contributed by atoms with Gasteiger partial charge in [0.25, 0.3) is 0 Å². The van der Waals surface area contributed by atoms with Crippen LogP contribution in [0.4, 0.5) is 25.5 Å². The summed E-state index contributed by atoms with van der Waals surface area (Å²) in [5, 5.41) is 31.2. The zero-order valence-electron chi connectivity index (χ0n) is 32.5. The zero-order chi connectivity index (χ0) is 40.7. The molecule has 2 aliphatic rings. The lowest BCUT2D eigenvalue weighted by molar-refractivity contribution is -0.130. The average molecular weight is 785 g/mol. The minimum atomic E-state index is -0.973. The second-order valence-electron chi connectivity index (χ2n) is 15.6. The van der Waals surface area contributed by atoms with Gasteiger partial charge in [0.15, 0.2) is 0 Å². The van der Waals surface area contributed by atoms with E-state index in [4.69, 9.17) is 4.74 Å². The van der Waals surface area contributed by atoms with Gasteiger partial charge in [-0.05, 0) is 105 Å². The van der Waals surface area contributed by atoms with E-state index in [-0.39, 0.29) is 41.2 Å². The molecule has 0 spiro atoms. The molecule has 2 aromatic heterocycles. The Morgan fingerprint density at radius 3 is 2.32 bits per heavy atom. The van der Waals surface area contributed by atoms with E-state index in [1.165, 1.54) is 23.1 Å². The van der Waals surface area contributed by atoms with E-state index in [0.717, 1.165) is 40.9 Å². The van der Waals surface area contributed by atoms with Crippen LogP contribution in [0.2, 0.25) is 0 Å². The summed E-state index contributed by atoms with van der Waals surface area (Å²) in [6, 6.07) is 12.9. The van der Waals surface area contributed by atoms with Gasteiger partial charge in [-0.2, -0.15) is 5.21 Å². The maximum atomic E-state index is 15.0. The molecule has 57 heavy (non-hydrogen) atoms. The Kier molecular flexibility index (Phi) is 12.6. The molecule has 4 aromatic rings. The number of halogens is 1. The normalized spacial score (nSPS) is 17.7. The Morgan fingerprint density at radius 1 is 0.982 bits per heavy atom. The summed E-state index contributed by atoms with van der Waals surface area (Å²) in [4.78, 5) is 59.1. The van der Waals surface area contributed by atoms with Crippen molar-refractivity contribution in [2.45, 2.75) is 71.4 Å². The molecule has 1 aliphatic carbocycles. The van der Waals surface area contributed by atoms with Gasteiger partial charge in [0.2, 0.25) is 17.6 Å². The zero-order valence-corrected chi connectivity index (χ0v) is 32.5. The lowest BCUT2D eigenvalue weighted by Crippen LogP contribution is -2.48. The minimum Gasteiger partial charge on any atom is -0.465 e. The van der Waals surface area contributed by atoms with E-state index in [1.54, 1.807) is 20.8 Å². The minimum absolute atomic E-state index is 0.0762. The predicted molar refractivity (Wildman–Crippen MR) is 210 cm³/mol. The summed E-state index contributed by atoms with van der Waals surface area (Å²) in [7, 11) is 0. The number of carbonyl (C=O) groups excluding carboxylic acids is 3. The number of alkyl carbamates (subject to hydrolysis) is 1. The highest BCUT2D eigenvalue weighted by Crippen LogP contribution is 2.30. The number of anilines is 2. The Hall–Kier alpha value is -6.13. The number of aromatic nitrogens is 5. The molecule has 5 N–H and O–H groups in total. The highest BCUT2D eigenvalue weighted by molar-refractivity contribution is 5.98. The van der Waals surface area contributed by atoms with Crippen LogP contribution in [-0.4, -0.2) is 104 Å². The number of carboxylic acid groups (broad SMARTS) is 1. The fourth-order valence-corrected chi connectivity index (χ4v) is 7.15. The van der Waals surface area contributed by atoms with Crippen LogP contribution in [-0.2, 0) is 20.7 Å². The molecular formula is C40H49FN10O6. The summed E-state index contributed by atoms with van der Waals surface area (Å²) in [5.74, 6) is -0.642. The van der Waals surface area contributed by atoms with Gasteiger partial charge in [0, 0.05) is 62.5 Å². The van der Waals surface area contributed by atoms with E-state index < -0.39 is 35.6 Å². The standard InChI is InChI=1S/C40H49FN10O6/c1-24-19-34(50-15-17-51(18-16-50)39(55)56)42-23-31(24)27-9-5-25(6-10-27)20-33(37(53)44-29-13-14-30(32(41)21-29)35-46-48-49-47-35)45-36(52)28-11-7-26(8-12-28)22-43-38(54)57-40(2,3)4/h5-6,9-10,13-14,19,21,23,26,28,33H,7-8,11-12,15-18,20,22H2,1-4H3,(H,43,54)(H,44,53)(H,45,52)(H,55,56)(H,46,47,48,49)/t26-,28-,33-/m0/s1. The second kappa shape index (κ2) is 17.8. The van der Waals surface area contributed by atoms with E-state index in [9.17, 15) is 24.3 Å². The summed E-state index contributed by atoms with van der Waals surface area (Å²) in [5.41, 5.74) is 3.38. The van der Waals surface area contributed by atoms with Crippen molar-refractivity contribution in [3.8, 4) is 22.5 Å². The molecule has 1 atom stereocenters. The van der Waals surface area contributed by atoms with Gasteiger partial charge in [0.1, 0.15) is 23.3 Å². The number of aromatic amines is 1. The first-order valence-corrected chi connectivity index (χ1v) is 19.1. The van der Waals surface area contributed by atoms with E-state index in [2.05, 4.69) is 46.5 Å². The second-order valence-corrected chi connectivity index (χ2v) is 15.6. The smallest absolute Gasteiger partial charge is 0.407 e. The van der Waals surface area contributed by atoms with Gasteiger partial charge in [-0.25, -0.2) is 19.0 Å². The Morgan fingerprint density at radius 2 is 1.70 bits per heavy atom. The van der Waals surface area contributed by atoms with Crippen molar-refractivity contribution >= 4 is 35.5 Å². The molecule has 16 nitrogen and oxygen atoms in total. The van der Waals surface area contributed by atoms with Crippen LogP contribution in [0.1, 0.15) is 57.6 Å². The number of nitrogens with one attached hydrogen (secondary N) is 4. The summed E-state index contributed by atoms with van der Waals surface area (Å²) >= 11 is 0. The van der Waals surface area contributed by atoms with Crippen molar-refractivity contribution in [2.75, 3.05) is 42.9 Å². The summed E-state index contributed by atoms with van der Waals surface area (Å²) in [6.07, 6.45) is 3.26. The predicted octanol–water partition coefficient (Wildman–Crippen LogP) is 5.17. The van der Waals surface area contributed by atoms with Crippen molar-refractivity contribution < 1.29 is 33.4 Å². The van der Waals surface area contributed by atoms with Crippen molar-refractivity contribution in [1.29, 1.82) is 0 Å². The first-order valence-electron chi connectivity index (χ1n) is 19.1. The number of ether oxygens (including phenoxy) is 1. The molecule has 0 bridgehead atoms. The SMILES string of the molecule is Cc1cc(N2CCN(C(=O)O)CC2)ncc1-c1ccc(C[C@H](NC(=O)[C@H]2CC[C@H](CNC(=O)OC(C)(C)C)CC2)C(=O)Nc2ccc(-c3nn[nH]n3)c(F)c2)cc1. The van der Waals surface area contributed by atoms with Crippen molar-refractivity contribution in [2.24, 2.45) is 11.8 Å². The molecule has 1 aliphatic heterocycles. The molecule has 6 rings (SSSR count). The van der Waals surface area contributed by atoms with Crippen molar-refractivity contribution in [1.82, 2.24) is 41.1 Å². The number of hydrogen-bond donors (Lipinski definition) is 5. The molecule has 17 heteroatoms. The molecular weight excluding hydrogens is 736 g/mol. The molecule has 4 amide bonds. The van der Waals surface area contributed by atoms with Crippen LogP contribution in [0, 0.1) is 24.6 Å². The molecule has 1 saturated heterocycles. The van der Waals surface area contributed by atoms with Crippen molar-refractivity contribution in [3.63, 3.8) is 0 Å².